The predicted octanol–water partition coefficient (Wildman–Crippen LogP) is 2.83. The van der Waals surface area contributed by atoms with Crippen LogP contribution in [0.5, 0.6) is 11.5 Å². The van der Waals surface area contributed by atoms with Crippen LogP contribution in [0.2, 0.25) is 0 Å². The van der Waals surface area contributed by atoms with Crippen molar-refractivity contribution < 1.29 is 28.4 Å². The Bertz CT molecular complexity index is 1200. The lowest BCUT2D eigenvalue weighted by atomic mass is 10.1. The SMILES string of the molecule is CCCNC(=O)c1cc2ccc(OC(=O)COc3ccccc3[N+](=O)[O-])cc2oc1=O. The third-order valence-electron chi connectivity index (χ3n) is 4.13. The van der Waals surface area contributed by atoms with Crippen LogP contribution >= 0.6 is 0 Å². The van der Waals surface area contributed by atoms with Crippen LogP contribution in [-0.2, 0) is 4.79 Å². The third kappa shape index (κ3) is 5.24. The standard InChI is InChI=1S/C21H18N2O8/c1-2-9-22-20(25)15-10-13-7-8-14(11-18(13)31-21(15)26)30-19(24)12-29-17-6-4-3-5-16(17)23(27)28/h3-8,10-11H,2,9,12H2,1H3,(H,22,25). The maximum atomic E-state index is 12.1. The van der Waals surface area contributed by atoms with Crippen molar-refractivity contribution in [3.05, 3.63) is 74.6 Å². The first-order chi connectivity index (χ1) is 14.9. The largest absolute Gasteiger partial charge is 0.475 e. The van der Waals surface area contributed by atoms with Gasteiger partial charge in [0.1, 0.15) is 16.9 Å². The zero-order chi connectivity index (χ0) is 22.4. The van der Waals surface area contributed by atoms with E-state index >= 15 is 0 Å². The summed E-state index contributed by atoms with van der Waals surface area (Å²) in [6.07, 6.45) is 0.723. The molecule has 0 aliphatic carbocycles. The van der Waals surface area contributed by atoms with Crippen LogP contribution in [0, 0.1) is 10.1 Å². The monoisotopic (exact) mass is 426 g/mol. The molecule has 31 heavy (non-hydrogen) atoms. The van der Waals surface area contributed by atoms with Crippen LogP contribution in [0.4, 0.5) is 5.69 Å². The summed E-state index contributed by atoms with van der Waals surface area (Å²) < 4.78 is 15.5. The van der Waals surface area contributed by atoms with Crippen LogP contribution in [0.1, 0.15) is 23.7 Å². The zero-order valence-electron chi connectivity index (χ0n) is 16.5. The number of hydrogen-bond donors (Lipinski definition) is 1. The van der Waals surface area contributed by atoms with E-state index in [9.17, 15) is 24.5 Å². The van der Waals surface area contributed by atoms with Crippen molar-refractivity contribution in [3.63, 3.8) is 0 Å². The molecule has 160 valence electrons. The maximum Gasteiger partial charge on any atom is 0.349 e. The normalized spacial score (nSPS) is 10.5. The molecule has 1 N–H and O–H groups in total. The summed E-state index contributed by atoms with van der Waals surface area (Å²) in [6, 6.07) is 11.3. The first kappa shape index (κ1) is 21.5. The topological polar surface area (TPSA) is 138 Å². The molecule has 10 nitrogen and oxygen atoms in total. The molecule has 1 heterocycles. The number of nitro benzene ring substituents is 1. The molecule has 0 saturated heterocycles. The highest BCUT2D eigenvalue weighted by Gasteiger charge is 2.17. The minimum atomic E-state index is -0.815. The van der Waals surface area contributed by atoms with Crippen LogP contribution in [0.3, 0.4) is 0 Å². The first-order valence-electron chi connectivity index (χ1n) is 9.32. The van der Waals surface area contributed by atoms with Gasteiger partial charge in [-0.1, -0.05) is 19.1 Å². The van der Waals surface area contributed by atoms with E-state index in [1.807, 2.05) is 6.92 Å². The molecule has 1 amide bonds. The molecule has 0 radical (unpaired) electrons. The second kappa shape index (κ2) is 9.53. The second-order valence-corrected chi connectivity index (χ2v) is 6.39. The van der Waals surface area contributed by atoms with Gasteiger partial charge in [0.25, 0.3) is 5.91 Å². The fourth-order valence-electron chi connectivity index (χ4n) is 2.67. The molecule has 0 unspecified atom stereocenters. The Labute approximate surface area is 175 Å². The number of benzene rings is 2. The second-order valence-electron chi connectivity index (χ2n) is 6.39. The van der Waals surface area contributed by atoms with Crippen molar-refractivity contribution >= 4 is 28.5 Å². The highest BCUT2D eigenvalue weighted by molar-refractivity contribution is 5.96. The molecule has 0 bridgehead atoms. The van der Waals surface area contributed by atoms with Crippen molar-refractivity contribution in [2.24, 2.45) is 0 Å². The van der Waals surface area contributed by atoms with E-state index in [4.69, 9.17) is 13.9 Å². The molecule has 3 rings (SSSR count). The number of fused-ring (bicyclic) bond motifs is 1. The van der Waals surface area contributed by atoms with Gasteiger partial charge in [0, 0.05) is 24.1 Å². The number of rotatable bonds is 8. The smallest absolute Gasteiger partial charge is 0.349 e. The highest BCUT2D eigenvalue weighted by atomic mass is 16.6. The number of hydrogen-bond acceptors (Lipinski definition) is 8. The summed E-state index contributed by atoms with van der Waals surface area (Å²) in [5.41, 5.74) is -1.09. The summed E-state index contributed by atoms with van der Waals surface area (Å²) in [6.45, 7) is 1.75. The molecular formula is C21H18N2O8. The molecule has 0 fully saturated rings. The molecular weight excluding hydrogens is 408 g/mol. The minimum Gasteiger partial charge on any atom is -0.475 e. The van der Waals surface area contributed by atoms with E-state index in [-0.39, 0.29) is 28.3 Å². The molecule has 0 atom stereocenters. The van der Waals surface area contributed by atoms with Crippen LogP contribution in [-0.4, -0.2) is 30.0 Å². The van der Waals surface area contributed by atoms with Gasteiger partial charge in [-0.05, 0) is 30.7 Å². The number of ether oxygens (including phenoxy) is 2. The molecule has 0 aliphatic heterocycles. The lowest BCUT2D eigenvalue weighted by molar-refractivity contribution is -0.385. The third-order valence-corrected chi connectivity index (χ3v) is 4.13. The van der Waals surface area contributed by atoms with Crippen LogP contribution in [0.25, 0.3) is 11.0 Å². The number of nitro groups is 1. The van der Waals surface area contributed by atoms with Crippen molar-refractivity contribution in [2.45, 2.75) is 13.3 Å². The number of para-hydroxylation sites is 2. The quantitative estimate of drug-likeness (QED) is 0.191. The molecule has 0 spiro atoms. The van der Waals surface area contributed by atoms with Gasteiger partial charge in [0.15, 0.2) is 12.4 Å². The number of carbonyl (C=O) groups is 2. The average Bonchev–Trinajstić information content (AvgIpc) is 2.75. The van der Waals surface area contributed by atoms with E-state index in [1.54, 1.807) is 0 Å². The molecule has 0 aliphatic rings. The Morgan fingerprint density at radius 3 is 2.68 bits per heavy atom. The fourth-order valence-corrected chi connectivity index (χ4v) is 2.67. The van der Waals surface area contributed by atoms with E-state index in [1.165, 1.54) is 48.5 Å². The van der Waals surface area contributed by atoms with Gasteiger partial charge in [0.2, 0.25) is 0 Å². The fraction of sp³-hybridized carbons (Fsp3) is 0.190. The van der Waals surface area contributed by atoms with E-state index in [0.717, 1.165) is 6.42 Å². The first-order valence-corrected chi connectivity index (χ1v) is 9.32. The van der Waals surface area contributed by atoms with Crippen molar-refractivity contribution in [2.75, 3.05) is 13.2 Å². The van der Waals surface area contributed by atoms with E-state index in [2.05, 4.69) is 5.32 Å². The summed E-state index contributed by atoms with van der Waals surface area (Å²) >= 11 is 0. The molecule has 1 aromatic heterocycles. The Morgan fingerprint density at radius 2 is 1.94 bits per heavy atom. The number of carbonyl (C=O) groups excluding carboxylic acids is 2. The summed E-state index contributed by atoms with van der Waals surface area (Å²) in [5, 5.41) is 14.1. The predicted molar refractivity (Wildman–Crippen MR) is 109 cm³/mol. The lowest BCUT2D eigenvalue weighted by Crippen LogP contribution is -2.28. The van der Waals surface area contributed by atoms with Gasteiger partial charge in [-0.2, -0.15) is 0 Å². The Morgan fingerprint density at radius 1 is 1.16 bits per heavy atom. The highest BCUT2D eigenvalue weighted by Crippen LogP contribution is 2.26. The maximum absolute atomic E-state index is 12.1. The number of nitrogens with zero attached hydrogens (tertiary/aromatic N) is 1. The van der Waals surface area contributed by atoms with Gasteiger partial charge >= 0.3 is 17.3 Å². The minimum absolute atomic E-state index is 0.0668. The van der Waals surface area contributed by atoms with Crippen LogP contribution in [0.15, 0.2) is 57.7 Å². The van der Waals surface area contributed by atoms with E-state index in [0.29, 0.717) is 11.9 Å². The van der Waals surface area contributed by atoms with Gasteiger partial charge < -0.3 is 19.2 Å². The molecule has 2 aromatic carbocycles. The lowest BCUT2D eigenvalue weighted by Gasteiger charge is -2.08. The molecule has 3 aromatic rings. The zero-order valence-corrected chi connectivity index (χ0v) is 16.5. The number of amides is 1. The Kier molecular flexibility index (Phi) is 6.61. The average molecular weight is 426 g/mol. The Hall–Kier alpha value is -4.21. The molecule has 0 saturated carbocycles. The van der Waals surface area contributed by atoms with Gasteiger partial charge in [-0.25, -0.2) is 9.59 Å². The van der Waals surface area contributed by atoms with Crippen molar-refractivity contribution in [1.82, 2.24) is 5.32 Å². The molecule has 10 heteroatoms. The van der Waals surface area contributed by atoms with Gasteiger partial charge in [-0.15, -0.1) is 0 Å². The van der Waals surface area contributed by atoms with Crippen LogP contribution < -0.4 is 20.4 Å². The van der Waals surface area contributed by atoms with Crippen molar-refractivity contribution in [1.29, 1.82) is 0 Å². The van der Waals surface area contributed by atoms with Gasteiger partial charge in [0.05, 0.1) is 4.92 Å². The Balaban J connectivity index is 1.71. The van der Waals surface area contributed by atoms with Gasteiger partial charge in [-0.3, -0.25) is 14.9 Å². The van der Waals surface area contributed by atoms with E-state index < -0.39 is 29.0 Å². The summed E-state index contributed by atoms with van der Waals surface area (Å²) in [5.74, 6) is -1.33. The summed E-state index contributed by atoms with van der Waals surface area (Å²) in [4.78, 5) is 46.6. The van der Waals surface area contributed by atoms with Crippen molar-refractivity contribution in [3.8, 4) is 11.5 Å². The summed E-state index contributed by atoms with van der Waals surface area (Å²) in [7, 11) is 0. The number of esters is 1. The number of nitrogens with one attached hydrogen (secondary N) is 1.